The molecule has 0 heterocycles. The lowest BCUT2D eigenvalue weighted by molar-refractivity contribution is -0.370. The summed E-state index contributed by atoms with van der Waals surface area (Å²) in [5.74, 6) is 1.76. The summed E-state index contributed by atoms with van der Waals surface area (Å²) in [5, 5.41) is 0. The maximum Gasteiger partial charge on any atom is 0.163 e. The van der Waals surface area contributed by atoms with Gasteiger partial charge in [0.05, 0.1) is 27.8 Å². The van der Waals surface area contributed by atoms with Crippen molar-refractivity contribution in [2.45, 2.75) is 6.42 Å². The molecular formula is C24H28ClNO6. The molecule has 0 fully saturated rings. The molecule has 0 aliphatic rings. The number of allylic oxidation sites excluding steroid dienone is 2. The van der Waals surface area contributed by atoms with E-state index in [0.29, 0.717) is 36.1 Å². The number of benzene rings is 2. The molecule has 0 atom stereocenters. The number of hydrogen-bond donors (Lipinski definition) is 1. The van der Waals surface area contributed by atoms with Crippen molar-refractivity contribution in [2.75, 3.05) is 34.5 Å². The molecule has 0 radical (unpaired) electrons. The Morgan fingerprint density at radius 2 is 1.25 bits per heavy atom. The van der Waals surface area contributed by atoms with E-state index in [1.54, 1.807) is 63.8 Å². The second kappa shape index (κ2) is 13.9. The highest BCUT2D eigenvalue weighted by Crippen LogP contribution is 2.29. The van der Waals surface area contributed by atoms with Crippen molar-refractivity contribution in [1.29, 1.82) is 0 Å². The third kappa shape index (κ3) is 8.09. The summed E-state index contributed by atoms with van der Waals surface area (Å²) in [4.78, 5) is 24.3. The quantitative estimate of drug-likeness (QED) is 0.341. The molecule has 2 aromatic carbocycles. The predicted octanol–water partition coefficient (Wildman–Crippen LogP) is -0.408. The molecule has 0 aromatic heterocycles. The molecule has 0 aliphatic carbocycles. The maximum atomic E-state index is 12.1. The number of rotatable bonds is 12. The van der Waals surface area contributed by atoms with Gasteiger partial charge in [-0.25, -0.2) is 0 Å². The van der Waals surface area contributed by atoms with E-state index in [2.05, 4.69) is 5.73 Å². The third-order valence-corrected chi connectivity index (χ3v) is 4.27. The van der Waals surface area contributed by atoms with Gasteiger partial charge in [-0.3, -0.25) is 9.59 Å². The Balaban J connectivity index is 0.00000512. The van der Waals surface area contributed by atoms with Crippen molar-refractivity contribution in [3.05, 3.63) is 59.7 Å². The van der Waals surface area contributed by atoms with Gasteiger partial charge in [-0.15, -0.1) is 0 Å². The van der Waals surface area contributed by atoms with E-state index in [1.807, 2.05) is 6.07 Å². The lowest BCUT2D eigenvalue weighted by Crippen LogP contribution is -3.00. The van der Waals surface area contributed by atoms with E-state index in [9.17, 15) is 9.59 Å². The number of carbonyl (C=O) groups is 2. The van der Waals surface area contributed by atoms with Gasteiger partial charge in [-0.1, -0.05) is 24.3 Å². The minimum atomic E-state index is -0.293. The summed E-state index contributed by atoms with van der Waals surface area (Å²) < 4.78 is 21.3. The first kappa shape index (κ1) is 26.7. The van der Waals surface area contributed by atoms with Gasteiger partial charge in [-0.05, 0) is 47.5 Å². The maximum absolute atomic E-state index is 12.1. The van der Waals surface area contributed by atoms with Crippen molar-refractivity contribution in [3.8, 4) is 23.0 Å². The summed E-state index contributed by atoms with van der Waals surface area (Å²) in [6.07, 6.45) is 5.82. The molecular weight excluding hydrogens is 434 g/mol. The fourth-order valence-corrected chi connectivity index (χ4v) is 2.71. The summed E-state index contributed by atoms with van der Waals surface area (Å²) in [5.41, 5.74) is 5.26. The van der Waals surface area contributed by atoms with E-state index >= 15 is 0 Å². The molecule has 0 spiro atoms. The van der Waals surface area contributed by atoms with Crippen LogP contribution in [0.5, 0.6) is 23.0 Å². The van der Waals surface area contributed by atoms with Gasteiger partial charge in [0, 0.05) is 0 Å². The number of halogens is 1. The molecule has 2 rings (SSSR count). The zero-order valence-electron chi connectivity index (χ0n) is 18.4. The number of methoxy groups -OCH3 is 3. The first-order valence-electron chi connectivity index (χ1n) is 9.74. The lowest BCUT2D eigenvalue weighted by atomic mass is 10.1. The minimum Gasteiger partial charge on any atom is -1.00 e. The van der Waals surface area contributed by atoms with Crippen molar-refractivity contribution in [1.82, 2.24) is 0 Å². The van der Waals surface area contributed by atoms with Crippen LogP contribution in [-0.2, 0) is 9.59 Å². The van der Waals surface area contributed by atoms with Crippen molar-refractivity contribution in [3.63, 3.8) is 0 Å². The monoisotopic (exact) mass is 461 g/mol. The van der Waals surface area contributed by atoms with Gasteiger partial charge < -0.3 is 37.1 Å². The summed E-state index contributed by atoms with van der Waals surface area (Å²) in [6, 6.07) is 10.6. The zero-order valence-corrected chi connectivity index (χ0v) is 19.2. The highest BCUT2D eigenvalue weighted by Gasteiger charge is 2.07. The van der Waals surface area contributed by atoms with E-state index < -0.39 is 0 Å². The van der Waals surface area contributed by atoms with Crippen LogP contribution in [0.2, 0.25) is 0 Å². The Morgan fingerprint density at radius 3 is 1.72 bits per heavy atom. The average Bonchev–Trinajstić information content (AvgIpc) is 2.79. The number of carbonyl (C=O) groups excluding carboxylic acids is 2. The molecule has 0 unspecified atom stereocenters. The summed E-state index contributed by atoms with van der Waals surface area (Å²) in [7, 11) is 4.65. The van der Waals surface area contributed by atoms with Gasteiger partial charge >= 0.3 is 0 Å². The molecule has 0 bridgehead atoms. The normalized spacial score (nSPS) is 10.6. The fourth-order valence-electron chi connectivity index (χ4n) is 2.71. The Kier molecular flexibility index (Phi) is 11.6. The molecule has 0 saturated carbocycles. The van der Waals surface area contributed by atoms with Crippen LogP contribution < -0.4 is 37.1 Å². The van der Waals surface area contributed by atoms with E-state index in [1.165, 1.54) is 12.2 Å². The zero-order chi connectivity index (χ0) is 22.6. The number of ketones is 2. The smallest absolute Gasteiger partial charge is 0.163 e. The first-order valence-corrected chi connectivity index (χ1v) is 9.74. The van der Waals surface area contributed by atoms with Gasteiger partial charge in [0.2, 0.25) is 0 Å². The van der Waals surface area contributed by atoms with Crippen LogP contribution in [0, 0.1) is 0 Å². The number of quaternary nitrogens is 1. The Labute approximate surface area is 194 Å². The van der Waals surface area contributed by atoms with Crippen LogP contribution in [0.25, 0.3) is 12.2 Å². The summed E-state index contributed by atoms with van der Waals surface area (Å²) in [6.45, 7) is 1.14. The van der Waals surface area contributed by atoms with Crippen molar-refractivity contribution < 1.29 is 46.7 Å². The first-order chi connectivity index (χ1) is 15.0. The Bertz CT molecular complexity index is 971. The fraction of sp³-hybridized carbons (Fsp3) is 0.250. The van der Waals surface area contributed by atoms with E-state index in [0.717, 1.165) is 11.1 Å². The molecule has 0 aliphatic heterocycles. The molecule has 0 saturated heterocycles. The standard InChI is InChI=1S/C24H27NO6.ClH/c1-28-21-10-6-17(14-23(21)29-2)4-8-19(26)16-20(27)9-5-18-7-11-22(31-13-12-25)24(15-18)30-3;/h4-11,14-15H,12-13,16,25H2,1-3H3;1H/b8-4+,9-5+;. The topological polar surface area (TPSA) is 98.7 Å². The average molecular weight is 462 g/mol. The molecule has 8 heteroatoms. The van der Waals surface area contributed by atoms with Crippen LogP contribution in [0.15, 0.2) is 48.6 Å². The van der Waals surface area contributed by atoms with Crippen molar-refractivity contribution in [2.24, 2.45) is 0 Å². The van der Waals surface area contributed by atoms with Crippen LogP contribution in [0.1, 0.15) is 17.5 Å². The number of hydrogen-bond acceptors (Lipinski definition) is 6. The highest BCUT2D eigenvalue weighted by molar-refractivity contribution is 6.10. The molecule has 172 valence electrons. The summed E-state index contributed by atoms with van der Waals surface area (Å²) >= 11 is 0. The van der Waals surface area contributed by atoms with Gasteiger partial charge in [0.15, 0.2) is 34.6 Å². The van der Waals surface area contributed by atoms with Crippen LogP contribution in [0.4, 0.5) is 0 Å². The van der Waals surface area contributed by atoms with Gasteiger partial charge in [0.1, 0.15) is 13.2 Å². The number of ether oxygens (including phenoxy) is 4. The lowest BCUT2D eigenvalue weighted by Gasteiger charge is -2.09. The van der Waals surface area contributed by atoms with E-state index in [4.69, 9.17) is 18.9 Å². The molecule has 2 aromatic rings. The second-order valence-corrected chi connectivity index (χ2v) is 6.50. The highest BCUT2D eigenvalue weighted by atomic mass is 35.5. The molecule has 32 heavy (non-hydrogen) atoms. The minimum absolute atomic E-state index is 0. The second-order valence-electron chi connectivity index (χ2n) is 6.50. The van der Waals surface area contributed by atoms with E-state index in [-0.39, 0.29) is 30.4 Å². The predicted molar refractivity (Wildman–Crippen MR) is 118 cm³/mol. The van der Waals surface area contributed by atoms with Crippen LogP contribution in [-0.4, -0.2) is 46.0 Å². The molecule has 0 amide bonds. The Hall–Kier alpha value is -3.29. The SMILES string of the molecule is COc1ccc(/C=C/C(=O)CC(=O)/C=C/c2ccc(OCC[NH3+])c(OC)c2)cc1OC.[Cl-]. The Morgan fingerprint density at radius 1 is 0.781 bits per heavy atom. The van der Waals surface area contributed by atoms with Crippen LogP contribution in [0.3, 0.4) is 0 Å². The van der Waals surface area contributed by atoms with Gasteiger partial charge in [-0.2, -0.15) is 0 Å². The van der Waals surface area contributed by atoms with Crippen molar-refractivity contribution >= 4 is 23.7 Å². The van der Waals surface area contributed by atoms with Crippen LogP contribution >= 0.6 is 0 Å². The molecule has 3 N–H and O–H groups in total. The molecule has 7 nitrogen and oxygen atoms in total. The third-order valence-electron chi connectivity index (χ3n) is 4.27. The van der Waals surface area contributed by atoms with Gasteiger partial charge in [0.25, 0.3) is 0 Å². The largest absolute Gasteiger partial charge is 1.00 e.